The normalized spacial score (nSPS) is 21.4. The van der Waals surface area contributed by atoms with Crippen molar-refractivity contribution in [3.63, 3.8) is 0 Å². The number of nitrogens with zero attached hydrogens (tertiary/aromatic N) is 2. The van der Waals surface area contributed by atoms with Gasteiger partial charge < -0.3 is 9.88 Å². The molecule has 3 aromatic carbocycles. The van der Waals surface area contributed by atoms with Gasteiger partial charge in [-0.15, -0.1) is 0 Å². The van der Waals surface area contributed by atoms with Gasteiger partial charge in [0.1, 0.15) is 0 Å². The third-order valence-electron chi connectivity index (χ3n) is 6.75. The highest BCUT2D eigenvalue weighted by atomic mass is 35.5. The minimum atomic E-state index is 0.368. The fourth-order valence-corrected chi connectivity index (χ4v) is 5.50. The van der Waals surface area contributed by atoms with Crippen molar-refractivity contribution in [2.24, 2.45) is 0 Å². The molecule has 4 aromatic rings. The molecule has 1 aromatic heterocycles. The van der Waals surface area contributed by atoms with Crippen LogP contribution in [0.2, 0.25) is 5.02 Å². The molecule has 3 nitrogen and oxygen atoms in total. The van der Waals surface area contributed by atoms with Gasteiger partial charge in [-0.2, -0.15) is 0 Å². The Balaban J connectivity index is 1.46. The SMILES string of the molecule is Clc1ccc(N2C[C@H](c3ccccc3)[C@@H]3c4[nH]c5ccccc5c4CCN3C2)cc1. The summed E-state index contributed by atoms with van der Waals surface area (Å²) in [5.41, 5.74) is 6.81. The molecule has 1 N–H and O–H groups in total. The Bertz CT molecular complexity index is 1180. The lowest BCUT2D eigenvalue weighted by molar-refractivity contribution is 0.126. The van der Waals surface area contributed by atoms with Gasteiger partial charge in [0.15, 0.2) is 0 Å². The summed E-state index contributed by atoms with van der Waals surface area (Å²) < 4.78 is 0. The highest BCUT2D eigenvalue weighted by Gasteiger charge is 2.41. The van der Waals surface area contributed by atoms with E-state index in [-0.39, 0.29) is 0 Å². The highest BCUT2D eigenvalue weighted by Crippen LogP contribution is 2.45. The third kappa shape index (κ3) is 2.92. The second-order valence-corrected chi connectivity index (χ2v) is 8.86. The number of para-hydroxylation sites is 1. The molecule has 1 fully saturated rings. The molecule has 2 aliphatic heterocycles. The van der Waals surface area contributed by atoms with Crippen LogP contribution in [0.4, 0.5) is 5.69 Å². The summed E-state index contributed by atoms with van der Waals surface area (Å²) in [6, 6.07) is 28.4. The molecule has 150 valence electrons. The molecule has 2 atom stereocenters. The number of hydrogen-bond donors (Lipinski definition) is 1. The first-order valence-electron chi connectivity index (χ1n) is 10.7. The van der Waals surface area contributed by atoms with Gasteiger partial charge >= 0.3 is 0 Å². The maximum atomic E-state index is 6.15. The van der Waals surface area contributed by atoms with Crippen LogP contribution in [0.5, 0.6) is 0 Å². The second-order valence-electron chi connectivity index (χ2n) is 8.43. The smallest absolute Gasteiger partial charge is 0.0713 e. The van der Waals surface area contributed by atoms with Gasteiger partial charge in [-0.25, -0.2) is 0 Å². The van der Waals surface area contributed by atoms with E-state index < -0.39 is 0 Å². The number of aromatic nitrogens is 1. The summed E-state index contributed by atoms with van der Waals surface area (Å²) in [7, 11) is 0. The van der Waals surface area contributed by atoms with Crippen molar-refractivity contribution in [3.8, 4) is 0 Å². The maximum absolute atomic E-state index is 6.15. The number of fused-ring (bicyclic) bond motifs is 5. The van der Waals surface area contributed by atoms with Crippen molar-refractivity contribution in [2.45, 2.75) is 18.4 Å². The number of hydrogen-bond acceptors (Lipinski definition) is 2. The summed E-state index contributed by atoms with van der Waals surface area (Å²) in [5, 5.41) is 2.17. The molecule has 2 aliphatic rings. The van der Waals surface area contributed by atoms with E-state index in [1.165, 1.54) is 33.4 Å². The average Bonchev–Trinajstić information content (AvgIpc) is 3.18. The molecule has 30 heavy (non-hydrogen) atoms. The molecule has 0 saturated carbocycles. The van der Waals surface area contributed by atoms with Crippen molar-refractivity contribution in [1.82, 2.24) is 9.88 Å². The van der Waals surface area contributed by atoms with Crippen molar-refractivity contribution in [1.29, 1.82) is 0 Å². The Morgan fingerprint density at radius 2 is 1.63 bits per heavy atom. The van der Waals surface area contributed by atoms with Gasteiger partial charge in [0.2, 0.25) is 0 Å². The first-order chi connectivity index (χ1) is 14.8. The zero-order valence-corrected chi connectivity index (χ0v) is 17.5. The minimum absolute atomic E-state index is 0.368. The van der Waals surface area contributed by atoms with Crippen molar-refractivity contribution in [3.05, 3.63) is 101 Å². The topological polar surface area (TPSA) is 22.3 Å². The van der Waals surface area contributed by atoms with Crippen LogP contribution in [0.1, 0.15) is 28.8 Å². The summed E-state index contributed by atoms with van der Waals surface area (Å²) in [6.45, 7) is 3.00. The van der Waals surface area contributed by atoms with E-state index >= 15 is 0 Å². The molecule has 0 bridgehead atoms. The van der Waals surface area contributed by atoms with Crippen molar-refractivity contribution >= 4 is 28.2 Å². The number of anilines is 1. The van der Waals surface area contributed by atoms with Crippen LogP contribution in [0, 0.1) is 0 Å². The van der Waals surface area contributed by atoms with Gasteiger partial charge in [0.25, 0.3) is 0 Å². The third-order valence-corrected chi connectivity index (χ3v) is 7.01. The minimum Gasteiger partial charge on any atom is -0.358 e. The molecule has 3 heterocycles. The summed E-state index contributed by atoms with van der Waals surface area (Å²) in [6.07, 6.45) is 1.09. The van der Waals surface area contributed by atoms with E-state index in [1.807, 2.05) is 12.1 Å². The predicted octanol–water partition coefficient (Wildman–Crippen LogP) is 5.98. The summed E-state index contributed by atoms with van der Waals surface area (Å²) >= 11 is 6.15. The average molecular weight is 414 g/mol. The van der Waals surface area contributed by atoms with Gasteiger partial charge in [0.05, 0.1) is 12.7 Å². The van der Waals surface area contributed by atoms with E-state index in [2.05, 4.69) is 81.5 Å². The molecule has 0 aliphatic carbocycles. The van der Waals surface area contributed by atoms with E-state index in [9.17, 15) is 0 Å². The molecule has 6 rings (SSSR count). The first-order valence-corrected chi connectivity index (χ1v) is 11.0. The number of aromatic amines is 1. The summed E-state index contributed by atoms with van der Waals surface area (Å²) in [4.78, 5) is 8.94. The molecule has 0 unspecified atom stereocenters. The Morgan fingerprint density at radius 3 is 2.47 bits per heavy atom. The van der Waals surface area contributed by atoms with Gasteiger partial charge in [-0.1, -0.05) is 60.1 Å². The van der Waals surface area contributed by atoms with Crippen LogP contribution >= 0.6 is 11.6 Å². The quantitative estimate of drug-likeness (QED) is 0.436. The molecule has 0 radical (unpaired) electrons. The van der Waals surface area contributed by atoms with E-state index in [1.54, 1.807) is 0 Å². The zero-order chi connectivity index (χ0) is 20.1. The molecular weight excluding hydrogens is 390 g/mol. The van der Waals surface area contributed by atoms with Crippen LogP contribution in [0.25, 0.3) is 10.9 Å². The molecule has 4 heteroatoms. The van der Waals surface area contributed by atoms with Crippen LogP contribution < -0.4 is 4.90 Å². The number of halogens is 1. The maximum Gasteiger partial charge on any atom is 0.0713 e. The lowest BCUT2D eigenvalue weighted by atomic mass is 9.82. The van der Waals surface area contributed by atoms with E-state index in [0.717, 1.165) is 31.2 Å². The van der Waals surface area contributed by atoms with Crippen LogP contribution in [-0.4, -0.2) is 29.6 Å². The second kappa shape index (κ2) is 7.19. The fourth-order valence-electron chi connectivity index (χ4n) is 5.38. The Kier molecular flexibility index (Phi) is 4.33. The largest absolute Gasteiger partial charge is 0.358 e. The number of H-pyrrole nitrogens is 1. The first kappa shape index (κ1) is 18.1. The fraction of sp³-hybridized carbons (Fsp3) is 0.231. The highest BCUT2D eigenvalue weighted by molar-refractivity contribution is 6.30. The zero-order valence-electron chi connectivity index (χ0n) is 16.8. The number of benzene rings is 3. The van der Waals surface area contributed by atoms with E-state index in [0.29, 0.717) is 12.0 Å². The van der Waals surface area contributed by atoms with Crippen LogP contribution in [-0.2, 0) is 6.42 Å². The Morgan fingerprint density at radius 1 is 0.867 bits per heavy atom. The molecule has 1 saturated heterocycles. The molecular formula is C26H24ClN3. The van der Waals surface area contributed by atoms with Crippen molar-refractivity contribution in [2.75, 3.05) is 24.7 Å². The molecule has 0 amide bonds. The lowest BCUT2D eigenvalue weighted by Crippen LogP contribution is -2.53. The molecule has 0 spiro atoms. The number of nitrogens with one attached hydrogen (secondary N) is 1. The van der Waals surface area contributed by atoms with E-state index in [4.69, 9.17) is 11.6 Å². The standard InChI is InChI=1S/C26H24ClN3/c27-19-10-12-20(13-11-19)30-16-23(18-6-2-1-3-7-18)26-25-22(14-15-29(26)17-30)21-8-4-5-9-24(21)28-25/h1-13,23,26,28H,14-17H2/t23-,26-/m1/s1. The summed E-state index contributed by atoms with van der Waals surface area (Å²) in [5.74, 6) is 0.391. The van der Waals surface area contributed by atoms with Crippen LogP contribution in [0.15, 0.2) is 78.9 Å². The van der Waals surface area contributed by atoms with Gasteiger partial charge in [-0.3, -0.25) is 4.90 Å². The van der Waals surface area contributed by atoms with Crippen LogP contribution in [0.3, 0.4) is 0 Å². The predicted molar refractivity (Wildman–Crippen MR) is 124 cm³/mol. The van der Waals surface area contributed by atoms with Gasteiger partial charge in [0, 0.05) is 46.3 Å². The van der Waals surface area contributed by atoms with Gasteiger partial charge in [-0.05, 0) is 47.9 Å². The van der Waals surface area contributed by atoms with Crippen molar-refractivity contribution < 1.29 is 0 Å². The lowest BCUT2D eigenvalue weighted by Gasteiger charge is -2.49. The Hall–Kier alpha value is -2.75. The Labute approximate surface area is 181 Å². The number of rotatable bonds is 2. The monoisotopic (exact) mass is 413 g/mol.